The van der Waals surface area contributed by atoms with Gasteiger partial charge in [-0.1, -0.05) is 152 Å². The quantitative estimate of drug-likeness (QED) is 0.165. The molecule has 0 bridgehead atoms. The first-order valence-corrected chi connectivity index (χ1v) is 19.7. The van der Waals surface area contributed by atoms with Crippen molar-refractivity contribution in [2.75, 3.05) is 0 Å². The third kappa shape index (κ3) is 5.02. The molecule has 0 aliphatic heterocycles. The highest BCUT2D eigenvalue weighted by Crippen LogP contribution is 2.42. The molecule has 0 saturated carbocycles. The van der Waals surface area contributed by atoms with E-state index in [9.17, 15) is 0 Å². The number of fused-ring (bicyclic) bond motifs is 12. The summed E-state index contributed by atoms with van der Waals surface area (Å²) in [5.74, 6) is 0.867. The Hall–Kier alpha value is -7.82. The van der Waals surface area contributed by atoms with Crippen molar-refractivity contribution >= 4 is 60.2 Å². The van der Waals surface area contributed by atoms with Crippen LogP contribution in [0.1, 0.15) is 0 Å². The molecule has 0 aliphatic carbocycles. The van der Waals surface area contributed by atoms with Gasteiger partial charge in [0.15, 0.2) is 0 Å². The van der Waals surface area contributed by atoms with Crippen LogP contribution in [-0.2, 0) is 0 Å². The van der Waals surface area contributed by atoms with Crippen molar-refractivity contribution in [2.45, 2.75) is 0 Å². The zero-order chi connectivity index (χ0) is 38.2. The average Bonchev–Trinajstić information content (AvgIpc) is 3.86. The van der Waals surface area contributed by atoms with Crippen LogP contribution in [0, 0.1) is 0 Å². The molecule has 12 rings (SSSR count). The normalized spacial score (nSPS) is 11.8. The SMILES string of the molecule is c1ccc(-c2cccc(-c3cc(-c4cccc(-c5ccccc5)c4)nc(-n4c5ccccc5c5c6c7ccccc7c7nc8ccccc8n7c6ccc54)c3)c2)cc1. The van der Waals surface area contributed by atoms with Crippen LogP contribution in [0.25, 0.3) is 111 Å². The molecule has 0 radical (unpaired) electrons. The number of hydrogen-bond acceptors (Lipinski definition) is 2. The van der Waals surface area contributed by atoms with Crippen LogP contribution in [0.3, 0.4) is 0 Å². The standard InChI is InChI=1S/C54H34N4/c1-3-15-35(16-4-1)37-19-13-21-39(31-37)41-33-46(40-22-14-20-38(32-40)36-17-5-2-6-18-36)55-51(34-41)57-47-27-11-9-25-44(47)53-49(57)29-30-50-52(53)42-23-7-8-24-43(42)54-56-45-26-10-12-28-48(45)58(50)54/h1-34H. The maximum Gasteiger partial charge on any atom is 0.146 e. The first kappa shape index (κ1) is 32.4. The lowest BCUT2D eigenvalue weighted by Crippen LogP contribution is -2.00. The Kier molecular flexibility index (Phi) is 7.20. The van der Waals surface area contributed by atoms with Gasteiger partial charge in [-0.2, -0.15) is 0 Å². The molecule has 0 atom stereocenters. The Bertz CT molecular complexity index is 3460. The van der Waals surface area contributed by atoms with Gasteiger partial charge in [-0.05, 0) is 93.4 Å². The van der Waals surface area contributed by atoms with E-state index in [1.54, 1.807) is 0 Å². The molecule has 12 aromatic rings. The van der Waals surface area contributed by atoms with E-state index in [0.717, 1.165) is 72.4 Å². The summed E-state index contributed by atoms with van der Waals surface area (Å²) in [6.07, 6.45) is 0. The molecule has 58 heavy (non-hydrogen) atoms. The Balaban J connectivity index is 1.17. The fourth-order valence-electron chi connectivity index (χ4n) is 9.04. The van der Waals surface area contributed by atoms with E-state index in [2.05, 4.69) is 215 Å². The molecule has 0 spiro atoms. The summed E-state index contributed by atoms with van der Waals surface area (Å²) in [6, 6.07) is 73.8. The van der Waals surface area contributed by atoms with Gasteiger partial charge in [-0.3, -0.25) is 8.97 Å². The van der Waals surface area contributed by atoms with Gasteiger partial charge in [0.25, 0.3) is 0 Å². The second kappa shape index (κ2) is 12.9. The molecule has 0 fully saturated rings. The molecule has 4 aromatic heterocycles. The van der Waals surface area contributed by atoms with Gasteiger partial charge >= 0.3 is 0 Å². The van der Waals surface area contributed by atoms with E-state index in [1.165, 1.54) is 38.2 Å². The second-order valence-corrected chi connectivity index (χ2v) is 15.0. The zero-order valence-corrected chi connectivity index (χ0v) is 31.4. The summed E-state index contributed by atoms with van der Waals surface area (Å²) in [7, 11) is 0. The largest absolute Gasteiger partial charge is 0.294 e. The van der Waals surface area contributed by atoms with E-state index in [-0.39, 0.29) is 0 Å². The topological polar surface area (TPSA) is 35.1 Å². The first-order valence-electron chi connectivity index (χ1n) is 19.7. The number of aromatic nitrogens is 4. The number of benzene rings is 8. The van der Waals surface area contributed by atoms with Gasteiger partial charge in [-0.15, -0.1) is 0 Å². The molecule has 0 unspecified atom stereocenters. The van der Waals surface area contributed by atoms with Crippen molar-refractivity contribution in [3.05, 3.63) is 206 Å². The smallest absolute Gasteiger partial charge is 0.146 e. The lowest BCUT2D eigenvalue weighted by molar-refractivity contribution is 1.08. The minimum Gasteiger partial charge on any atom is -0.294 e. The third-order valence-electron chi connectivity index (χ3n) is 11.7. The van der Waals surface area contributed by atoms with Gasteiger partial charge in [0.05, 0.1) is 33.3 Å². The minimum absolute atomic E-state index is 0.867. The van der Waals surface area contributed by atoms with Crippen molar-refractivity contribution in [3.8, 4) is 50.5 Å². The molecule has 4 heteroatoms. The van der Waals surface area contributed by atoms with Crippen LogP contribution in [0.5, 0.6) is 0 Å². The molecule has 0 amide bonds. The van der Waals surface area contributed by atoms with Crippen molar-refractivity contribution in [1.82, 2.24) is 18.9 Å². The summed E-state index contributed by atoms with van der Waals surface area (Å²) in [4.78, 5) is 10.7. The molecule has 4 nitrogen and oxygen atoms in total. The highest BCUT2D eigenvalue weighted by molar-refractivity contribution is 6.29. The number of para-hydroxylation sites is 3. The van der Waals surface area contributed by atoms with E-state index >= 15 is 0 Å². The predicted octanol–water partition coefficient (Wildman–Crippen LogP) is 14.0. The number of hydrogen-bond donors (Lipinski definition) is 0. The Labute approximate surface area is 334 Å². The zero-order valence-electron chi connectivity index (χ0n) is 31.4. The van der Waals surface area contributed by atoms with E-state index in [1.807, 2.05) is 0 Å². The molecule has 8 aromatic carbocycles. The van der Waals surface area contributed by atoms with Crippen molar-refractivity contribution in [2.24, 2.45) is 0 Å². The highest BCUT2D eigenvalue weighted by Gasteiger charge is 2.21. The molecule has 0 N–H and O–H groups in total. The van der Waals surface area contributed by atoms with Crippen LogP contribution in [0.2, 0.25) is 0 Å². The van der Waals surface area contributed by atoms with Crippen molar-refractivity contribution < 1.29 is 0 Å². The van der Waals surface area contributed by atoms with Crippen LogP contribution in [0.4, 0.5) is 0 Å². The van der Waals surface area contributed by atoms with Crippen molar-refractivity contribution in [3.63, 3.8) is 0 Å². The van der Waals surface area contributed by atoms with Crippen LogP contribution < -0.4 is 0 Å². The average molecular weight is 739 g/mol. The maximum atomic E-state index is 5.56. The van der Waals surface area contributed by atoms with E-state index < -0.39 is 0 Å². The van der Waals surface area contributed by atoms with E-state index in [4.69, 9.17) is 9.97 Å². The number of imidazole rings is 1. The third-order valence-corrected chi connectivity index (χ3v) is 11.7. The van der Waals surface area contributed by atoms with Gasteiger partial charge < -0.3 is 0 Å². The number of pyridine rings is 2. The Morgan fingerprint density at radius 1 is 0.310 bits per heavy atom. The highest BCUT2D eigenvalue weighted by atomic mass is 15.1. The van der Waals surface area contributed by atoms with Crippen LogP contribution >= 0.6 is 0 Å². The summed E-state index contributed by atoms with van der Waals surface area (Å²) in [5.41, 5.74) is 15.3. The van der Waals surface area contributed by atoms with Crippen LogP contribution in [-0.4, -0.2) is 18.9 Å². The molecular weight excluding hydrogens is 705 g/mol. The molecule has 0 aliphatic rings. The summed E-state index contributed by atoms with van der Waals surface area (Å²) in [6.45, 7) is 0. The van der Waals surface area contributed by atoms with Gasteiger partial charge in [0.2, 0.25) is 0 Å². The molecular formula is C54H34N4. The summed E-state index contributed by atoms with van der Waals surface area (Å²) >= 11 is 0. The monoisotopic (exact) mass is 738 g/mol. The molecule has 0 saturated heterocycles. The predicted molar refractivity (Wildman–Crippen MR) is 242 cm³/mol. The Morgan fingerprint density at radius 2 is 0.845 bits per heavy atom. The fourth-order valence-corrected chi connectivity index (χ4v) is 9.04. The molecule has 270 valence electrons. The lowest BCUT2D eigenvalue weighted by atomic mass is 9.97. The van der Waals surface area contributed by atoms with Crippen LogP contribution in [0.15, 0.2) is 206 Å². The second-order valence-electron chi connectivity index (χ2n) is 15.0. The maximum absolute atomic E-state index is 5.56. The summed E-state index contributed by atoms with van der Waals surface area (Å²) < 4.78 is 4.71. The summed E-state index contributed by atoms with van der Waals surface area (Å²) in [5, 5.41) is 5.92. The van der Waals surface area contributed by atoms with E-state index in [0.29, 0.717) is 0 Å². The van der Waals surface area contributed by atoms with Gasteiger partial charge in [-0.25, -0.2) is 9.97 Å². The number of nitrogens with zero attached hydrogens (tertiary/aromatic N) is 4. The fraction of sp³-hybridized carbons (Fsp3) is 0. The Morgan fingerprint density at radius 3 is 1.59 bits per heavy atom. The minimum atomic E-state index is 0.867. The van der Waals surface area contributed by atoms with Gasteiger partial charge in [0, 0.05) is 27.1 Å². The first-order chi connectivity index (χ1) is 28.8. The lowest BCUT2D eigenvalue weighted by Gasteiger charge is -2.15. The number of rotatable bonds is 5. The molecule has 4 heterocycles. The van der Waals surface area contributed by atoms with Crippen molar-refractivity contribution in [1.29, 1.82) is 0 Å². The van der Waals surface area contributed by atoms with Gasteiger partial charge in [0.1, 0.15) is 11.5 Å².